The lowest BCUT2D eigenvalue weighted by Gasteiger charge is -2.03. The third kappa shape index (κ3) is 2.59. The van der Waals surface area contributed by atoms with Crippen LogP contribution in [0.1, 0.15) is 15.9 Å². The number of benzene rings is 2. The van der Waals surface area contributed by atoms with Crippen LogP contribution in [0.25, 0.3) is 21.3 Å². The molecule has 0 radical (unpaired) electrons. The molecule has 0 spiro atoms. The lowest BCUT2D eigenvalue weighted by atomic mass is 10.1. The molecule has 8 heteroatoms. The van der Waals surface area contributed by atoms with E-state index < -0.39 is 11.7 Å². The second-order valence-corrected chi connectivity index (χ2v) is 6.84. The SMILES string of the molecule is Cc1ccc2nc(NC(=O)c3cc(F)cc4[nH]c(=S)[nH]c34)sc2c1. The summed E-state index contributed by atoms with van der Waals surface area (Å²) in [6.07, 6.45) is 0. The molecule has 24 heavy (non-hydrogen) atoms. The van der Waals surface area contributed by atoms with Crippen molar-refractivity contribution in [3.05, 3.63) is 52.0 Å². The fourth-order valence-electron chi connectivity index (χ4n) is 2.54. The number of hydrogen-bond donors (Lipinski definition) is 3. The average Bonchev–Trinajstić information content (AvgIpc) is 3.07. The summed E-state index contributed by atoms with van der Waals surface area (Å²) in [5.41, 5.74) is 3.02. The van der Waals surface area contributed by atoms with Crippen molar-refractivity contribution in [2.24, 2.45) is 0 Å². The Kier molecular flexibility index (Phi) is 3.43. The van der Waals surface area contributed by atoms with Crippen LogP contribution in [0.5, 0.6) is 0 Å². The van der Waals surface area contributed by atoms with Crippen LogP contribution in [-0.4, -0.2) is 20.9 Å². The summed E-state index contributed by atoms with van der Waals surface area (Å²) < 4.78 is 15.1. The topological polar surface area (TPSA) is 73.6 Å². The van der Waals surface area contributed by atoms with Crippen LogP contribution in [-0.2, 0) is 0 Å². The van der Waals surface area contributed by atoms with Crippen LogP contribution in [0.4, 0.5) is 9.52 Å². The molecule has 0 saturated heterocycles. The highest BCUT2D eigenvalue weighted by molar-refractivity contribution is 7.71. The molecule has 0 atom stereocenters. The summed E-state index contributed by atoms with van der Waals surface area (Å²) in [7, 11) is 0. The molecule has 0 unspecified atom stereocenters. The zero-order valence-corrected chi connectivity index (χ0v) is 14.1. The van der Waals surface area contributed by atoms with Gasteiger partial charge in [-0.3, -0.25) is 10.1 Å². The number of nitrogens with one attached hydrogen (secondary N) is 3. The van der Waals surface area contributed by atoms with Gasteiger partial charge in [-0.15, -0.1) is 0 Å². The van der Waals surface area contributed by atoms with Gasteiger partial charge in [0.1, 0.15) is 5.82 Å². The van der Waals surface area contributed by atoms with E-state index in [1.54, 1.807) is 0 Å². The maximum absolute atomic E-state index is 13.8. The van der Waals surface area contributed by atoms with Crippen molar-refractivity contribution in [1.82, 2.24) is 15.0 Å². The molecule has 5 nitrogen and oxygen atoms in total. The molecule has 4 aromatic rings. The smallest absolute Gasteiger partial charge is 0.259 e. The van der Waals surface area contributed by atoms with Gasteiger partial charge in [-0.1, -0.05) is 17.4 Å². The Morgan fingerprint density at radius 3 is 2.96 bits per heavy atom. The maximum atomic E-state index is 13.8. The van der Waals surface area contributed by atoms with Gasteiger partial charge in [-0.25, -0.2) is 9.37 Å². The van der Waals surface area contributed by atoms with Gasteiger partial charge in [-0.05, 0) is 49.0 Å². The molecule has 4 rings (SSSR count). The highest BCUT2D eigenvalue weighted by Crippen LogP contribution is 2.27. The summed E-state index contributed by atoms with van der Waals surface area (Å²) in [5.74, 6) is -0.960. The second-order valence-electron chi connectivity index (χ2n) is 5.40. The lowest BCUT2D eigenvalue weighted by Crippen LogP contribution is -2.12. The van der Waals surface area contributed by atoms with E-state index in [1.807, 2.05) is 25.1 Å². The normalized spacial score (nSPS) is 11.2. The number of amides is 1. The Labute approximate surface area is 144 Å². The number of rotatable bonds is 2. The second kappa shape index (κ2) is 5.50. The standard InChI is InChI=1S/C16H11FN4OS2/c1-7-2-3-10-12(4-7)24-16(19-10)21-14(22)9-5-8(17)6-11-13(9)20-15(23)18-11/h2-6H,1H3,(H2,18,20,23)(H,19,21,22). The van der Waals surface area contributed by atoms with Crippen LogP contribution >= 0.6 is 23.6 Å². The van der Waals surface area contributed by atoms with E-state index in [2.05, 4.69) is 20.3 Å². The predicted octanol–water partition coefficient (Wildman–Crippen LogP) is 4.54. The first-order valence-electron chi connectivity index (χ1n) is 7.10. The van der Waals surface area contributed by atoms with Gasteiger partial charge >= 0.3 is 0 Å². The van der Waals surface area contributed by atoms with Gasteiger partial charge in [0.25, 0.3) is 5.91 Å². The van der Waals surface area contributed by atoms with Crippen molar-refractivity contribution in [2.75, 3.05) is 5.32 Å². The molecule has 2 aromatic carbocycles. The zero-order valence-electron chi connectivity index (χ0n) is 12.4. The maximum Gasteiger partial charge on any atom is 0.259 e. The van der Waals surface area contributed by atoms with E-state index in [9.17, 15) is 9.18 Å². The number of hydrogen-bond acceptors (Lipinski definition) is 4. The van der Waals surface area contributed by atoms with Gasteiger partial charge in [0.15, 0.2) is 9.90 Å². The number of fused-ring (bicyclic) bond motifs is 2. The minimum absolute atomic E-state index is 0.174. The first kappa shape index (κ1) is 15.0. The Morgan fingerprint density at radius 1 is 1.29 bits per heavy atom. The quantitative estimate of drug-likeness (QED) is 0.461. The third-order valence-electron chi connectivity index (χ3n) is 3.60. The molecular formula is C16H11FN4OS2. The fraction of sp³-hybridized carbons (Fsp3) is 0.0625. The Balaban J connectivity index is 1.74. The first-order chi connectivity index (χ1) is 11.5. The van der Waals surface area contributed by atoms with Crippen LogP contribution in [0.15, 0.2) is 30.3 Å². The third-order valence-corrected chi connectivity index (χ3v) is 4.74. The van der Waals surface area contributed by atoms with E-state index in [0.29, 0.717) is 20.9 Å². The van der Waals surface area contributed by atoms with Gasteiger partial charge in [0, 0.05) is 0 Å². The molecule has 0 aliphatic heterocycles. The van der Waals surface area contributed by atoms with Crippen molar-refractivity contribution in [3.8, 4) is 0 Å². The Bertz CT molecular complexity index is 1160. The highest BCUT2D eigenvalue weighted by Gasteiger charge is 2.16. The predicted molar refractivity (Wildman–Crippen MR) is 95.8 cm³/mol. The van der Waals surface area contributed by atoms with Crippen LogP contribution in [0.3, 0.4) is 0 Å². The molecular weight excluding hydrogens is 347 g/mol. The van der Waals surface area contributed by atoms with E-state index in [1.165, 1.54) is 23.5 Å². The average molecular weight is 358 g/mol. The molecule has 2 aromatic heterocycles. The summed E-state index contributed by atoms with van der Waals surface area (Å²) in [4.78, 5) is 22.6. The number of carbonyl (C=O) groups is 1. The Morgan fingerprint density at radius 2 is 2.12 bits per heavy atom. The molecule has 1 amide bonds. The summed E-state index contributed by atoms with van der Waals surface area (Å²) >= 11 is 6.39. The van der Waals surface area contributed by atoms with Crippen molar-refractivity contribution < 1.29 is 9.18 Å². The summed E-state index contributed by atoms with van der Waals surface area (Å²) in [5, 5.41) is 3.19. The number of anilines is 1. The Hall–Kier alpha value is -2.58. The van der Waals surface area contributed by atoms with E-state index >= 15 is 0 Å². The monoisotopic (exact) mass is 358 g/mol. The molecule has 0 saturated carbocycles. The number of imidazole rings is 1. The molecule has 120 valence electrons. The number of H-pyrrole nitrogens is 2. The van der Waals surface area contributed by atoms with Crippen molar-refractivity contribution in [2.45, 2.75) is 6.92 Å². The number of carbonyl (C=O) groups excluding carboxylic acids is 1. The van der Waals surface area contributed by atoms with Gasteiger partial charge in [-0.2, -0.15) is 0 Å². The minimum Gasteiger partial charge on any atom is -0.331 e. The lowest BCUT2D eigenvalue weighted by molar-refractivity contribution is 0.102. The van der Waals surface area contributed by atoms with Gasteiger partial charge < -0.3 is 9.97 Å². The molecule has 0 bridgehead atoms. The number of thiazole rings is 1. The van der Waals surface area contributed by atoms with Crippen LogP contribution in [0, 0.1) is 17.5 Å². The largest absolute Gasteiger partial charge is 0.331 e. The van der Waals surface area contributed by atoms with E-state index in [4.69, 9.17) is 12.2 Å². The molecule has 0 aliphatic carbocycles. The molecule has 3 N–H and O–H groups in total. The minimum atomic E-state index is -0.516. The van der Waals surface area contributed by atoms with Crippen molar-refractivity contribution in [3.63, 3.8) is 0 Å². The van der Waals surface area contributed by atoms with E-state index in [0.717, 1.165) is 15.8 Å². The van der Waals surface area contributed by atoms with E-state index in [-0.39, 0.29) is 5.56 Å². The summed E-state index contributed by atoms with van der Waals surface area (Å²) in [6.45, 7) is 2.00. The fourth-order valence-corrected chi connectivity index (χ4v) is 3.71. The number of nitrogens with zero attached hydrogens (tertiary/aromatic N) is 1. The molecule has 0 fully saturated rings. The zero-order chi connectivity index (χ0) is 16.8. The van der Waals surface area contributed by atoms with Gasteiger partial charge in [0.05, 0.1) is 26.8 Å². The number of aromatic amines is 2. The molecule has 2 heterocycles. The van der Waals surface area contributed by atoms with Crippen LogP contribution in [0.2, 0.25) is 0 Å². The van der Waals surface area contributed by atoms with Crippen LogP contribution < -0.4 is 5.32 Å². The number of aromatic nitrogens is 3. The number of aryl methyl sites for hydroxylation is 1. The van der Waals surface area contributed by atoms with Crippen molar-refractivity contribution >= 4 is 55.8 Å². The molecule has 0 aliphatic rings. The first-order valence-corrected chi connectivity index (χ1v) is 8.32. The summed E-state index contributed by atoms with van der Waals surface area (Å²) in [6, 6.07) is 8.34. The van der Waals surface area contributed by atoms with Gasteiger partial charge in [0.2, 0.25) is 0 Å². The van der Waals surface area contributed by atoms with Crippen molar-refractivity contribution in [1.29, 1.82) is 0 Å². The number of halogens is 1. The highest BCUT2D eigenvalue weighted by atomic mass is 32.1.